The zero-order valence-electron chi connectivity index (χ0n) is 13.8. The van der Waals surface area contributed by atoms with Crippen LogP contribution >= 0.6 is 0 Å². The second-order valence-corrected chi connectivity index (χ2v) is 6.21. The Labute approximate surface area is 145 Å². The molecule has 0 unspecified atom stereocenters. The van der Waals surface area contributed by atoms with Gasteiger partial charge >= 0.3 is 0 Å². The van der Waals surface area contributed by atoms with E-state index in [1.54, 1.807) is 23.4 Å². The van der Waals surface area contributed by atoms with E-state index in [0.717, 1.165) is 24.5 Å². The van der Waals surface area contributed by atoms with Gasteiger partial charge in [-0.15, -0.1) is 0 Å². The molecule has 7 heteroatoms. The molecule has 1 aliphatic heterocycles. The standard InChI is InChI=1S/C18H20N6O/c25-17(18(5-8-19-9-6-18)24-11-2-7-21-24)22-15-3-1-4-16(13-15)23-12-10-20-14-23/h1-4,7,10-14,19H,5-6,8-9H2,(H,22,25). The predicted molar refractivity (Wildman–Crippen MR) is 94.5 cm³/mol. The molecule has 128 valence electrons. The number of amides is 1. The lowest BCUT2D eigenvalue weighted by Gasteiger charge is -2.36. The van der Waals surface area contributed by atoms with Crippen LogP contribution in [0.3, 0.4) is 0 Å². The Morgan fingerprint density at radius 3 is 2.76 bits per heavy atom. The van der Waals surface area contributed by atoms with Crippen molar-refractivity contribution in [3.8, 4) is 5.69 Å². The minimum Gasteiger partial charge on any atom is -0.324 e. The maximum Gasteiger partial charge on any atom is 0.252 e. The molecule has 7 nitrogen and oxygen atoms in total. The average molecular weight is 336 g/mol. The van der Waals surface area contributed by atoms with E-state index >= 15 is 0 Å². The molecule has 1 fully saturated rings. The lowest BCUT2D eigenvalue weighted by molar-refractivity contribution is -0.126. The van der Waals surface area contributed by atoms with Crippen molar-refractivity contribution in [3.05, 3.63) is 61.4 Å². The van der Waals surface area contributed by atoms with Crippen molar-refractivity contribution >= 4 is 11.6 Å². The summed E-state index contributed by atoms with van der Waals surface area (Å²) in [7, 11) is 0. The van der Waals surface area contributed by atoms with Gasteiger partial charge in [-0.1, -0.05) is 6.07 Å². The normalized spacial score (nSPS) is 16.5. The summed E-state index contributed by atoms with van der Waals surface area (Å²) in [5, 5.41) is 10.7. The number of rotatable bonds is 4. The Morgan fingerprint density at radius 2 is 2.04 bits per heavy atom. The number of piperidine rings is 1. The number of carbonyl (C=O) groups excluding carboxylic acids is 1. The number of hydrogen-bond donors (Lipinski definition) is 2. The van der Waals surface area contributed by atoms with Crippen LogP contribution in [0.1, 0.15) is 12.8 Å². The third kappa shape index (κ3) is 2.94. The van der Waals surface area contributed by atoms with E-state index in [1.807, 2.05) is 47.3 Å². The van der Waals surface area contributed by atoms with Crippen LogP contribution in [-0.2, 0) is 10.3 Å². The molecule has 4 rings (SSSR count). The molecule has 1 aromatic carbocycles. The van der Waals surface area contributed by atoms with Gasteiger partial charge in [0.15, 0.2) is 0 Å². The SMILES string of the molecule is O=C(Nc1cccc(-n2ccnc2)c1)C1(n2cccn2)CCNCC1. The lowest BCUT2D eigenvalue weighted by Crippen LogP contribution is -2.52. The lowest BCUT2D eigenvalue weighted by atomic mass is 9.87. The second kappa shape index (κ2) is 6.52. The number of aromatic nitrogens is 4. The third-order valence-corrected chi connectivity index (χ3v) is 4.70. The van der Waals surface area contributed by atoms with Crippen molar-refractivity contribution in [2.45, 2.75) is 18.4 Å². The highest BCUT2D eigenvalue weighted by molar-refractivity contribution is 5.97. The van der Waals surface area contributed by atoms with Crippen LogP contribution in [0.4, 0.5) is 5.69 Å². The van der Waals surface area contributed by atoms with E-state index < -0.39 is 5.54 Å². The number of nitrogens with zero attached hydrogens (tertiary/aromatic N) is 4. The monoisotopic (exact) mass is 336 g/mol. The fourth-order valence-electron chi connectivity index (χ4n) is 3.33. The van der Waals surface area contributed by atoms with Crippen LogP contribution in [0.2, 0.25) is 0 Å². The van der Waals surface area contributed by atoms with E-state index in [0.29, 0.717) is 12.8 Å². The summed E-state index contributed by atoms with van der Waals surface area (Å²) in [6.07, 6.45) is 10.3. The first-order valence-electron chi connectivity index (χ1n) is 8.39. The summed E-state index contributed by atoms with van der Waals surface area (Å²) in [6.45, 7) is 1.59. The van der Waals surface area contributed by atoms with Gasteiger partial charge in [-0.25, -0.2) is 4.98 Å². The van der Waals surface area contributed by atoms with E-state index in [-0.39, 0.29) is 5.91 Å². The molecule has 0 atom stereocenters. The predicted octanol–water partition coefficient (Wildman–Crippen LogP) is 1.79. The molecule has 0 saturated carbocycles. The molecule has 1 aliphatic rings. The van der Waals surface area contributed by atoms with Crippen molar-refractivity contribution in [3.63, 3.8) is 0 Å². The van der Waals surface area contributed by atoms with Crippen LogP contribution in [0.5, 0.6) is 0 Å². The van der Waals surface area contributed by atoms with Crippen LogP contribution in [0.25, 0.3) is 5.69 Å². The van der Waals surface area contributed by atoms with Crippen molar-refractivity contribution in [1.82, 2.24) is 24.6 Å². The van der Waals surface area contributed by atoms with E-state index in [1.165, 1.54) is 0 Å². The molecule has 25 heavy (non-hydrogen) atoms. The molecule has 0 spiro atoms. The van der Waals surface area contributed by atoms with Gasteiger partial charge in [0.2, 0.25) is 0 Å². The first-order valence-corrected chi connectivity index (χ1v) is 8.39. The van der Waals surface area contributed by atoms with Crippen molar-refractivity contribution in [1.29, 1.82) is 0 Å². The summed E-state index contributed by atoms with van der Waals surface area (Å²) < 4.78 is 3.70. The number of nitrogens with one attached hydrogen (secondary N) is 2. The van der Waals surface area contributed by atoms with Gasteiger partial charge in [-0.2, -0.15) is 5.10 Å². The molecule has 3 aromatic rings. The molecule has 2 aromatic heterocycles. The minimum absolute atomic E-state index is 0.0273. The fraction of sp³-hybridized carbons (Fsp3) is 0.278. The summed E-state index contributed by atoms with van der Waals surface area (Å²) in [5.74, 6) is -0.0273. The number of benzene rings is 1. The van der Waals surface area contributed by atoms with Crippen molar-refractivity contribution in [2.75, 3.05) is 18.4 Å². The molecular formula is C18H20N6O. The molecule has 0 radical (unpaired) electrons. The van der Waals surface area contributed by atoms with E-state index in [9.17, 15) is 4.79 Å². The van der Waals surface area contributed by atoms with Gasteiger partial charge in [0.05, 0.1) is 6.33 Å². The first kappa shape index (κ1) is 15.6. The summed E-state index contributed by atoms with van der Waals surface area (Å²) in [6, 6.07) is 9.60. The van der Waals surface area contributed by atoms with Gasteiger partial charge in [0.1, 0.15) is 5.54 Å². The van der Waals surface area contributed by atoms with E-state index in [4.69, 9.17) is 0 Å². The highest BCUT2D eigenvalue weighted by Gasteiger charge is 2.42. The maximum absolute atomic E-state index is 13.2. The first-order chi connectivity index (χ1) is 12.3. The molecule has 0 aliphatic carbocycles. The van der Waals surface area contributed by atoms with Crippen molar-refractivity contribution < 1.29 is 4.79 Å². The van der Waals surface area contributed by atoms with Crippen LogP contribution in [0, 0.1) is 0 Å². The number of carbonyl (C=O) groups is 1. The van der Waals surface area contributed by atoms with Gasteiger partial charge in [0, 0.05) is 36.2 Å². The van der Waals surface area contributed by atoms with Crippen molar-refractivity contribution in [2.24, 2.45) is 0 Å². The largest absolute Gasteiger partial charge is 0.324 e. The summed E-state index contributed by atoms with van der Waals surface area (Å²) in [4.78, 5) is 17.2. The highest BCUT2D eigenvalue weighted by atomic mass is 16.2. The van der Waals surface area contributed by atoms with Gasteiger partial charge < -0.3 is 15.2 Å². The molecule has 2 N–H and O–H groups in total. The van der Waals surface area contributed by atoms with Crippen LogP contribution in [0.15, 0.2) is 61.4 Å². The Hall–Kier alpha value is -2.93. The zero-order valence-corrected chi connectivity index (χ0v) is 13.8. The smallest absolute Gasteiger partial charge is 0.252 e. The summed E-state index contributed by atoms with van der Waals surface area (Å²) >= 11 is 0. The highest BCUT2D eigenvalue weighted by Crippen LogP contribution is 2.29. The topological polar surface area (TPSA) is 76.8 Å². The average Bonchev–Trinajstić information content (AvgIpc) is 3.36. The number of hydrogen-bond acceptors (Lipinski definition) is 4. The van der Waals surface area contributed by atoms with Gasteiger partial charge in [-0.3, -0.25) is 9.48 Å². The van der Waals surface area contributed by atoms with E-state index in [2.05, 4.69) is 20.7 Å². The Kier molecular flexibility index (Phi) is 4.07. The number of imidazole rings is 1. The van der Waals surface area contributed by atoms with Crippen LogP contribution in [-0.4, -0.2) is 38.3 Å². The fourth-order valence-corrected chi connectivity index (χ4v) is 3.33. The molecule has 1 amide bonds. The second-order valence-electron chi connectivity index (χ2n) is 6.21. The molecule has 0 bridgehead atoms. The molecular weight excluding hydrogens is 316 g/mol. The maximum atomic E-state index is 13.2. The molecule has 1 saturated heterocycles. The van der Waals surface area contributed by atoms with Gasteiger partial charge in [-0.05, 0) is 50.2 Å². The Bertz CT molecular complexity index is 834. The third-order valence-electron chi connectivity index (χ3n) is 4.70. The zero-order chi connectivity index (χ0) is 17.1. The number of anilines is 1. The summed E-state index contributed by atoms with van der Waals surface area (Å²) in [5.41, 5.74) is 1.06. The van der Waals surface area contributed by atoms with Gasteiger partial charge in [0.25, 0.3) is 5.91 Å². The quantitative estimate of drug-likeness (QED) is 0.761. The van der Waals surface area contributed by atoms with Crippen LogP contribution < -0.4 is 10.6 Å². The molecule has 3 heterocycles. The Balaban J connectivity index is 1.61. The minimum atomic E-state index is -0.653. The Morgan fingerprint density at radius 1 is 1.16 bits per heavy atom.